The molecule has 0 spiro atoms. The second-order valence-electron chi connectivity index (χ2n) is 6.44. The minimum absolute atomic E-state index is 0.0524. The Hall–Kier alpha value is -2.81. The van der Waals surface area contributed by atoms with Crippen molar-refractivity contribution >= 4 is 16.7 Å². The number of rotatable bonds is 5. The number of benzene rings is 3. The summed E-state index contributed by atoms with van der Waals surface area (Å²) in [5.74, 6) is 0.871. The van der Waals surface area contributed by atoms with Crippen LogP contribution in [0.15, 0.2) is 66.7 Å². The molecule has 3 nitrogen and oxygen atoms in total. The maximum absolute atomic E-state index is 13.1. The van der Waals surface area contributed by atoms with Crippen molar-refractivity contribution in [1.82, 2.24) is 4.90 Å². The molecule has 1 amide bonds. The maximum atomic E-state index is 13.1. The molecule has 0 N–H and O–H groups in total. The Morgan fingerprint density at radius 1 is 0.960 bits per heavy atom. The van der Waals surface area contributed by atoms with Gasteiger partial charge in [-0.1, -0.05) is 42.5 Å². The van der Waals surface area contributed by atoms with Gasteiger partial charge in [-0.15, -0.1) is 0 Å². The summed E-state index contributed by atoms with van der Waals surface area (Å²) >= 11 is 0. The molecule has 0 fully saturated rings. The molecular weight excluding hydrogens is 310 g/mol. The Kier molecular flexibility index (Phi) is 5.03. The third kappa shape index (κ3) is 3.82. The third-order valence-electron chi connectivity index (χ3n) is 4.37. The van der Waals surface area contributed by atoms with Crippen LogP contribution in [0, 0.1) is 0 Å². The Balaban J connectivity index is 1.90. The minimum Gasteiger partial charge on any atom is -0.497 e. The van der Waals surface area contributed by atoms with Crippen molar-refractivity contribution in [3.8, 4) is 5.75 Å². The number of methoxy groups -OCH3 is 1. The van der Waals surface area contributed by atoms with Crippen molar-refractivity contribution < 1.29 is 9.53 Å². The molecule has 0 aromatic heterocycles. The van der Waals surface area contributed by atoms with Gasteiger partial charge in [-0.05, 0) is 54.4 Å². The van der Waals surface area contributed by atoms with E-state index in [1.165, 1.54) is 0 Å². The fraction of sp³-hybridized carbons (Fsp3) is 0.227. The van der Waals surface area contributed by atoms with E-state index in [0.717, 1.165) is 22.1 Å². The van der Waals surface area contributed by atoms with Crippen LogP contribution in [0.4, 0.5) is 0 Å². The Labute approximate surface area is 148 Å². The van der Waals surface area contributed by atoms with E-state index in [9.17, 15) is 4.79 Å². The molecule has 3 heteroatoms. The summed E-state index contributed by atoms with van der Waals surface area (Å²) in [5.41, 5.74) is 1.84. The first kappa shape index (κ1) is 17.0. The summed E-state index contributed by atoms with van der Waals surface area (Å²) in [7, 11) is 1.66. The van der Waals surface area contributed by atoms with E-state index in [2.05, 4.69) is 12.1 Å². The highest BCUT2D eigenvalue weighted by Crippen LogP contribution is 2.23. The molecule has 0 heterocycles. The predicted molar refractivity (Wildman–Crippen MR) is 102 cm³/mol. The zero-order chi connectivity index (χ0) is 17.8. The van der Waals surface area contributed by atoms with Crippen molar-refractivity contribution in [3.63, 3.8) is 0 Å². The highest BCUT2D eigenvalue weighted by Gasteiger charge is 2.19. The van der Waals surface area contributed by atoms with E-state index >= 15 is 0 Å². The monoisotopic (exact) mass is 333 g/mol. The van der Waals surface area contributed by atoms with Gasteiger partial charge >= 0.3 is 0 Å². The fourth-order valence-corrected chi connectivity index (χ4v) is 2.92. The van der Waals surface area contributed by atoms with Crippen LogP contribution < -0.4 is 4.74 Å². The van der Waals surface area contributed by atoms with Crippen molar-refractivity contribution in [1.29, 1.82) is 0 Å². The number of carbonyl (C=O) groups is 1. The molecule has 0 saturated carbocycles. The maximum Gasteiger partial charge on any atom is 0.254 e. The lowest BCUT2D eigenvalue weighted by atomic mass is 10.0. The first-order chi connectivity index (χ1) is 12.1. The van der Waals surface area contributed by atoms with E-state index in [-0.39, 0.29) is 11.9 Å². The largest absolute Gasteiger partial charge is 0.497 e. The third-order valence-corrected chi connectivity index (χ3v) is 4.37. The summed E-state index contributed by atoms with van der Waals surface area (Å²) in [5, 5.41) is 2.10. The van der Waals surface area contributed by atoms with Gasteiger partial charge in [0.05, 0.1) is 7.11 Å². The molecule has 128 valence electrons. The van der Waals surface area contributed by atoms with E-state index in [0.29, 0.717) is 12.1 Å². The van der Waals surface area contributed by atoms with Gasteiger partial charge in [-0.25, -0.2) is 0 Å². The lowest BCUT2D eigenvalue weighted by Gasteiger charge is -2.27. The molecule has 0 aliphatic carbocycles. The quantitative estimate of drug-likeness (QED) is 0.665. The average Bonchev–Trinajstić information content (AvgIpc) is 2.65. The van der Waals surface area contributed by atoms with Crippen LogP contribution >= 0.6 is 0 Å². The van der Waals surface area contributed by atoms with Crippen molar-refractivity contribution in [3.05, 3.63) is 77.9 Å². The molecule has 25 heavy (non-hydrogen) atoms. The summed E-state index contributed by atoms with van der Waals surface area (Å²) in [4.78, 5) is 15.0. The van der Waals surface area contributed by atoms with Crippen LogP contribution in [0.5, 0.6) is 5.75 Å². The number of hydrogen-bond acceptors (Lipinski definition) is 2. The molecule has 0 saturated heterocycles. The molecule has 0 radical (unpaired) electrons. The van der Waals surface area contributed by atoms with Crippen LogP contribution in [0.3, 0.4) is 0 Å². The minimum atomic E-state index is 0.0524. The second kappa shape index (κ2) is 7.39. The van der Waals surface area contributed by atoms with Gasteiger partial charge in [-0.3, -0.25) is 4.79 Å². The van der Waals surface area contributed by atoms with Crippen LogP contribution in [0.25, 0.3) is 10.8 Å². The summed E-state index contributed by atoms with van der Waals surface area (Å²) < 4.78 is 5.26. The van der Waals surface area contributed by atoms with Gasteiger partial charge in [0.25, 0.3) is 5.91 Å². The number of amides is 1. The van der Waals surface area contributed by atoms with Crippen LogP contribution in [-0.4, -0.2) is 24.0 Å². The smallest absolute Gasteiger partial charge is 0.254 e. The zero-order valence-electron chi connectivity index (χ0n) is 14.9. The highest BCUT2D eigenvalue weighted by molar-refractivity contribution is 5.99. The Morgan fingerprint density at radius 3 is 2.32 bits per heavy atom. The van der Waals surface area contributed by atoms with Crippen molar-refractivity contribution in [2.45, 2.75) is 26.4 Å². The second-order valence-corrected chi connectivity index (χ2v) is 6.44. The molecule has 3 rings (SSSR count). The number of ether oxygens (including phenoxy) is 1. The van der Waals surface area contributed by atoms with E-state index in [4.69, 9.17) is 4.74 Å². The molecular formula is C22H23NO2. The van der Waals surface area contributed by atoms with E-state index < -0.39 is 0 Å². The predicted octanol–water partition coefficient (Wildman–Crippen LogP) is 4.90. The van der Waals surface area contributed by atoms with Gasteiger partial charge < -0.3 is 9.64 Å². The zero-order valence-corrected chi connectivity index (χ0v) is 14.9. The molecule has 0 atom stereocenters. The van der Waals surface area contributed by atoms with Crippen LogP contribution in [0.2, 0.25) is 0 Å². The van der Waals surface area contributed by atoms with Crippen molar-refractivity contribution in [2.24, 2.45) is 0 Å². The van der Waals surface area contributed by atoms with Gasteiger partial charge in [0.15, 0.2) is 0 Å². The number of nitrogens with zero attached hydrogens (tertiary/aromatic N) is 1. The van der Waals surface area contributed by atoms with Crippen LogP contribution in [0.1, 0.15) is 29.8 Å². The normalized spacial score (nSPS) is 10.9. The lowest BCUT2D eigenvalue weighted by Crippen LogP contribution is -2.36. The van der Waals surface area contributed by atoms with Gasteiger partial charge in [0.1, 0.15) is 5.75 Å². The highest BCUT2D eigenvalue weighted by atomic mass is 16.5. The molecule has 3 aromatic rings. The molecule has 0 unspecified atom stereocenters. The standard InChI is InChI=1S/C22H23NO2/c1-16(2)23(15-17-7-5-4-6-8-17)22(24)20-10-9-19-14-21(25-3)12-11-18(19)13-20/h4-14,16H,15H2,1-3H3. The molecule has 0 aliphatic heterocycles. The first-order valence-electron chi connectivity index (χ1n) is 8.51. The van der Waals surface area contributed by atoms with Crippen molar-refractivity contribution in [2.75, 3.05) is 7.11 Å². The summed E-state index contributed by atoms with van der Waals surface area (Å²) in [6.07, 6.45) is 0. The summed E-state index contributed by atoms with van der Waals surface area (Å²) in [6, 6.07) is 21.9. The SMILES string of the molecule is COc1ccc2cc(C(=O)N(Cc3ccccc3)C(C)C)ccc2c1. The van der Waals surface area contributed by atoms with Gasteiger partial charge in [0, 0.05) is 18.2 Å². The van der Waals surface area contributed by atoms with Crippen LogP contribution in [-0.2, 0) is 6.54 Å². The number of hydrogen-bond donors (Lipinski definition) is 0. The average molecular weight is 333 g/mol. The van der Waals surface area contributed by atoms with Gasteiger partial charge in [0.2, 0.25) is 0 Å². The number of carbonyl (C=O) groups excluding carboxylic acids is 1. The number of fused-ring (bicyclic) bond motifs is 1. The fourth-order valence-electron chi connectivity index (χ4n) is 2.92. The first-order valence-corrected chi connectivity index (χ1v) is 8.51. The molecule has 3 aromatic carbocycles. The Bertz CT molecular complexity index is 872. The van der Waals surface area contributed by atoms with E-state index in [1.54, 1.807) is 7.11 Å². The summed E-state index contributed by atoms with van der Waals surface area (Å²) in [6.45, 7) is 4.71. The van der Waals surface area contributed by atoms with E-state index in [1.807, 2.05) is 73.3 Å². The lowest BCUT2D eigenvalue weighted by molar-refractivity contribution is 0.0690. The Morgan fingerprint density at radius 2 is 1.64 bits per heavy atom. The topological polar surface area (TPSA) is 29.5 Å². The molecule has 0 aliphatic rings. The molecule has 0 bridgehead atoms. The van der Waals surface area contributed by atoms with Gasteiger partial charge in [-0.2, -0.15) is 0 Å².